The monoisotopic (exact) mass is 266 g/mol. The summed E-state index contributed by atoms with van der Waals surface area (Å²) in [6.45, 7) is 2.75. The molecular weight excluding hydrogens is 248 g/mol. The first-order chi connectivity index (χ1) is 9.80. The lowest BCUT2D eigenvalue weighted by atomic mass is 10.1. The van der Waals surface area contributed by atoms with Crippen LogP contribution in [0.4, 0.5) is 0 Å². The molecular formula is C16H18N4. The normalized spacial score (nSPS) is 11.9. The molecule has 1 aromatic carbocycles. The maximum Gasteiger partial charge on any atom is 0.109 e. The third-order valence-corrected chi connectivity index (χ3v) is 3.40. The molecule has 1 atom stereocenters. The van der Waals surface area contributed by atoms with Crippen molar-refractivity contribution in [1.29, 1.82) is 10.5 Å². The number of fused-ring (bicyclic) bond motifs is 1. The lowest BCUT2D eigenvalue weighted by Gasteiger charge is -2.12. The maximum atomic E-state index is 9.25. The van der Waals surface area contributed by atoms with Crippen LogP contribution in [-0.2, 0) is 13.0 Å². The van der Waals surface area contributed by atoms with E-state index in [4.69, 9.17) is 5.26 Å². The summed E-state index contributed by atoms with van der Waals surface area (Å²) in [6.07, 6.45) is 2.98. The molecule has 0 aliphatic heterocycles. The van der Waals surface area contributed by atoms with Crippen LogP contribution in [0.3, 0.4) is 0 Å². The zero-order valence-electron chi connectivity index (χ0n) is 11.7. The second-order valence-corrected chi connectivity index (χ2v) is 4.90. The van der Waals surface area contributed by atoms with Gasteiger partial charge in [-0.15, -0.1) is 0 Å². The number of hydrogen-bond acceptors (Lipinski definition) is 3. The number of imidazole rings is 1. The molecule has 1 heterocycles. The molecule has 1 aromatic heterocycles. The van der Waals surface area contributed by atoms with E-state index in [1.807, 2.05) is 24.3 Å². The summed E-state index contributed by atoms with van der Waals surface area (Å²) in [5.74, 6) is 0.897. The Hall–Kier alpha value is -2.33. The predicted molar refractivity (Wildman–Crippen MR) is 77.7 cm³/mol. The van der Waals surface area contributed by atoms with Crippen molar-refractivity contribution in [3.8, 4) is 12.1 Å². The van der Waals surface area contributed by atoms with Crippen molar-refractivity contribution in [3.05, 3.63) is 30.1 Å². The fourth-order valence-corrected chi connectivity index (χ4v) is 2.40. The minimum atomic E-state index is -0.136. The Kier molecular flexibility index (Phi) is 4.74. The molecule has 0 aliphatic carbocycles. The van der Waals surface area contributed by atoms with Gasteiger partial charge in [-0.3, -0.25) is 0 Å². The highest BCUT2D eigenvalue weighted by Gasteiger charge is 2.14. The van der Waals surface area contributed by atoms with Gasteiger partial charge in [0.2, 0.25) is 0 Å². The van der Waals surface area contributed by atoms with Crippen LogP contribution in [0.2, 0.25) is 0 Å². The Morgan fingerprint density at radius 1 is 1.30 bits per heavy atom. The molecule has 0 bridgehead atoms. The molecule has 0 spiro atoms. The maximum absolute atomic E-state index is 9.25. The van der Waals surface area contributed by atoms with Gasteiger partial charge in [0.1, 0.15) is 5.82 Å². The number of benzene rings is 1. The molecule has 102 valence electrons. The van der Waals surface area contributed by atoms with Crippen LogP contribution in [0.5, 0.6) is 0 Å². The summed E-state index contributed by atoms with van der Waals surface area (Å²) >= 11 is 0. The Morgan fingerprint density at radius 3 is 2.80 bits per heavy atom. The van der Waals surface area contributed by atoms with Crippen LogP contribution >= 0.6 is 0 Å². The van der Waals surface area contributed by atoms with Gasteiger partial charge in [-0.05, 0) is 25.0 Å². The Bertz CT molecular complexity index is 657. The summed E-state index contributed by atoms with van der Waals surface area (Å²) in [6, 6.07) is 12.4. The summed E-state index contributed by atoms with van der Waals surface area (Å²) < 4.78 is 2.14. The number of hydrogen-bond donors (Lipinski definition) is 0. The lowest BCUT2D eigenvalue weighted by Crippen LogP contribution is -2.12. The molecule has 0 amide bonds. The van der Waals surface area contributed by atoms with Gasteiger partial charge in [-0.1, -0.05) is 19.1 Å². The molecule has 0 N–H and O–H groups in total. The third kappa shape index (κ3) is 2.97. The minimum Gasteiger partial charge on any atom is -0.327 e. The highest BCUT2D eigenvalue weighted by molar-refractivity contribution is 5.75. The molecule has 4 heteroatoms. The SMILES string of the molecule is CCCc1nc2ccccc2n1C[C@H](C#N)CCC#N. The van der Waals surface area contributed by atoms with E-state index < -0.39 is 0 Å². The van der Waals surface area contributed by atoms with E-state index in [0.29, 0.717) is 19.4 Å². The van der Waals surface area contributed by atoms with Crippen LogP contribution in [0, 0.1) is 28.6 Å². The second-order valence-electron chi connectivity index (χ2n) is 4.90. The first-order valence-electron chi connectivity index (χ1n) is 7.00. The lowest BCUT2D eigenvalue weighted by molar-refractivity contribution is 0.505. The van der Waals surface area contributed by atoms with Crippen molar-refractivity contribution >= 4 is 11.0 Å². The van der Waals surface area contributed by atoms with Crippen LogP contribution in [0.25, 0.3) is 11.0 Å². The average molecular weight is 266 g/mol. The van der Waals surface area contributed by atoms with Crippen molar-refractivity contribution in [3.63, 3.8) is 0 Å². The summed E-state index contributed by atoms with van der Waals surface area (Å²) in [4.78, 5) is 4.66. The molecule has 0 saturated heterocycles. The van der Waals surface area contributed by atoms with Crippen molar-refractivity contribution in [1.82, 2.24) is 9.55 Å². The highest BCUT2D eigenvalue weighted by Crippen LogP contribution is 2.20. The quantitative estimate of drug-likeness (QED) is 0.804. The van der Waals surface area contributed by atoms with Gasteiger partial charge in [-0.25, -0.2) is 4.98 Å². The number of nitrogens with zero attached hydrogens (tertiary/aromatic N) is 4. The van der Waals surface area contributed by atoms with Gasteiger partial charge in [0.05, 0.1) is 29.1 Å². The van der Waals surface area contributed by atoms with E-state index in [9.17, 15) is 5.26 Å². The molecule has 0 aliphatic rings. The van der Waals surface area contributed by atoms with Crippen molar-refractivity contribution < 1.29 is 0 Å². The topological polar surface area (TPSA) is 65.4 Å². The molecule has 2 aromatic rings. The van der Waals surface area contributed by atoms with Gasteiger partial charge in [-0.2, -0.15) is 10.5 Å². The predicted octanol–water partition coefficient (Wildman–Crippen LogP) is 3.43. The second kappa shape index (κ2) is 6.73. The van der Waals surface area contributed by atoms with Crippen molar-refractivity contribution in [2.45, 2.75) is 39.2 Å². The molecule has 20 heavy (non-hydrogen) atoms. The van der Waals surface area contributed by atoms with Gasteiger partial charge >= 0.3 is 0 Å². The first kappa shape index (κ1) is 14.1. The number of para-hydroxylation sites is 2. The fourth-order valence-electron chi connectivity index (χ4n) is 2.40. The number of nitriles is 2. The number of aromatic nitrogens is 2. The Morgan fingerprint density at radius 2 is 2.10 bits per heavy atom. The Balaban J connectivity index is 2.33. The van der Waals surface area contributed by atoms with Gasteiger partial charge < -0.3 is 4.57 Å². The highest BCUT2D eigenvalue weighted by atomic mass is 15.1. The summed E-state index contributed by atoms with van der Waals surface area (Å²) in [5.41, 5.74) is 2.06. The molecule has 4 nitrogen and oxygen atoms in total. The van der Waals surface area contributed by atoms with Crippen molar-refractivity contribution in [2.75, 3.05) is 0 Å². The van der Waals surface area contributed by atoms with Crippen LogP contribution in [0.1, 0.15) is 32.0 Å². The third-order valence-electron chi connectivity index (χ3n) is 3.40. The van der Waals surface area contributed by atoms with E-state index in [1.165, 1.54) is 0 Å². The largest absolute Gasteiger partial charge is 0.327 e. The van der Waals surface area contributed by atoms with E-state index in [2.05, 4.69) is 28.6 Å². The Labute approximate surface area is 119 Å². The molecule has 2 rings (SSSR count). The van der Waals surface area contributed by atoms with Gasteiger partial charge in [0, 0.05) is 19.4 Å². The van der Waals surface area contributed by atoms with E-state index in [-0.39, 0.29) is 5.92 Å². The van der Waals surface area contributed by atoms with E-state index >= 15 is 0 Å². The zero-order chi connectivity index (χ0) is 14.4. The summed E-state index contributed by atoms with van der Waals surface area (Å²) in [5, 5.41) is 17.9. The van der Waals surface area contributed by atoms with Gasteiger partial charge in [0.15, 0.2) is 0 Å². The minimum absolute atomic E-state index is 0.136. The van der Waals surface area contributed by atoms with Gasteiger partial charge in [0.25, 0.3) is 0 Å². The zero-order valence-corrected chi connectivity index (χ0v) is 11.7. The number of rotatable bonds is 6. The standard InChI is InChI=1S/C16H18N4/c1-2-6-16-19-14-8-3-4-9-15(14)20(16)12-13(11-18)7-5-10-17/h3-4,8-9,13H,2,5-7,12H2,1H3/t13-/m0/s1. The van der Waals surface area contributed by atoms with E-state index in [1.54, 1.807) is 0 Å². The van der Waals surface area contributed by atoms with Crippen LogP contribution in [-0.4, -0.2) is 9.55 Å². The molecule has 0 saturated carbocycles. The fraction of sp³-hybridized carbons (Fsp3) is 0.438. The molecule has 0 radical (unpaired) electrons. The molecule has 0 fully saturated rings. The van der Waals surface area contributed by atoms with Crippen LogP contribution in [0.15, 0.2) is 24.3 Å². The molecule has 0 unspecified atom stereocenters. The average Bonchev–Trinajstić information content (AvgIpc) is 2.81. The van der Waals surface area contributed by atoms with Crippen molar-refractivity contribution in [2.24, 2.45) is 5.92 Å². The first-order valence-corrected chi connectivity index (χ1v) is 7.00. The smallest absolute Gasteiger partial charge is 0.109 e. The van der Waals surface area contributed by atoms with Crippen LogP contribution < -0.4 is 0 Å². The van der Waals surface area contributed by atoms with E-state index in [0.717, 1.165) is 29.7 Å². The number of aryl methyl sites for hydroxylation is 1. The summed E-state index contributed by atoms with van der Waals surface area (Å²) in [7, 11) is 0.